The second-order valence-corrected chi connectivity index (χ2v) is 4.94. The molecule has 0 aliphatic rings. The third-order valence-electron chi connectivity index (χ3n) is 3.05. The molecule has 1 radical (unpaired) electrons. The molecular weight excluding hydrogens is 242 g/mol. The van der Waals surface area contributed by atoms with Crippen LogP contribution in [0, 0.1) is 5.38 Å². The Morgan fingerprint density at radius 3 is 3.00 bits per heavy atom. The van der Waals surface area contributed by atoms with E-state index in [0.29, 0.717) is 0 Å². The van der Waals surface area contributed by atoms with Gasteiger partial charge in [0.1, 0.15) is 5.52 Å². The molecule has 0 bridgehead atoms. The monoisotopic (exact) mass is 250 g/mol. The van der Waals surface area contributed by atoms with Crippen LogP contribution in [-0.2, 0) is 0 Å². The van der Waals surface area contributed by atoms with Crippen molar-refractivity contribution in [1.29, 1.82) is 0 Å². The highest BCUT2D eigenvalue weighted by molar-refractivity contribution is 7.17. The van der Waals surface area contributed by atoms with Gasteiger partial charge in [0, 0.05) is 21.2 Å². The summed E-state index contributed by atoms with van der Waals surface area (Å²) < 4.78 is 1.24. The number of H-pyrrole nitrogens is 1. The highest BCUT2D eigenvalue weighted by Crippen LogP contribution is 2.35. The first-order valence-electron chi connectivity index (χ1n) is 5.63. The van der Waals surface area contributed by atoms with Crippen LogP contribution in [0.2, 0.25) is 0 Å². The van der Waals surface area contributed by atoms with Crippen LogP contribution in [0.4, 0.5) is 0 Å². The zero-order chi connectivity index (χ0) is 11.9. The maximum Gasteiger partial charge on any atom is 0.120 e. The second-order valence-electron chi connectivity index (χ2n) is 4.09. The Morgan fingerprint density at radius 2 is 2.00 bits per heavy atom. The number of rotatable bonds is 1. The molecule has 0 saturated heterocycles. The summed E-state index contributed by atoms with van der Waals surface area (Å²) in [6.07, 6.45) is 0. The fourth-order valence-electron chi connectivity index (χ4n) is 2.20. The lowest BCUT2D eigenvalue weighted by atomic mass is 10.0. The van der Waals surface area contributed by atoms with Crippen molar-refractivity contribution in [3.63, 3.8) is 0 Å². The normalized spacial score (nSPS) is 11.3. The molecule has 0 spiro atoms. The smallest absolute Gasteiger partial charge is 0.120 e. The minimum absolute atomic E-state index is 0.900. The van der Waals surface area contributed by atoms with Crippen LogP contribution in [0.3, 0.4) is 0 Å². The summed E-state index contributed by atoms with van der Waals surface area (Å²) in [5.74, 6) is 0. The molecule has 0 amide bonds. The van der Waals surface area contributed by atoms with E-state index in [1.165, 1.54) is 10.1 Å². The summed E-state index contributed by atoms with van der Waals surface area (Å²) in [5, 5.41) is 15.5. The Labute approximate surface area is 107 Å². The third-order valence-corrected chi connectivity index (χ3v) is 3.93. The van der Waals surface area contributed by atoms with E-state index in [9.17, 15) is 0 Å². The van der Waals surface area contributed by atoms with Gasteiger partial charge in [0.05, 0.1) is 10.9 Å². The average molecular weight is 250 g/mol. The summed E-state index contributed by atoms with van der Waals surface area (Å²) in [5.41, 5.74) is 4.04. The predicted octanol–water partition coefficient (Wildman–Crippen LogP) is 3.64. The van der Waals surface area contributed by atoms with Gasteiger partial charge in [-0.15, -0.1) is 16.4 Å². The Hall–Kier alpha value is -2.20. The number of hydrogen-bond acceptors (Lipinski definition) is 3. The van der Waals surface area contributed by atoms with Crippen molar-refractivity contribution in [3.8, 4) is 11.1 Å². The molecule has 2 heterocycles. The quantitative estimate of drug-likeness (QED) is 0.560. The molecule has 2 aromatic carbocycles. The second kappa shape index (κ2) is 3.65. The topological polar surface area (TPSA) is 41.6 Å². The minimum atomic E-state index is 0.900. The van der Waals surface area contributed by atoms with Gasteiger partial charge in [-0.1, -0.05) is 35.5 Å². The minimum Gasteiger partial charge on any atom is -0.258 e. The molecule has 1 N–H and O–H groups in total. The Bertz CT molecular complexity index is 844. The van der Waals surface area contributed by atoms with Gasteiger partial charge in [-0.3, -0.25) is 5.10 Å². The van der Waals surface area contributed by atoms with Gasteiger partial charge in [-0.05, 0) is 12.1 Å². The van der Waals surface area contributed by atoms with Crippen LogP contribution >= 0.6 is 11.3 Å². The van der Waals surface area contributed by atoms with Crippen molar-refractivity contribution in [3.05, 3.63) is 47.8 Å². The fraction of sp³-hybridized carbons (Fsp3) is 0. The molecule has 0 unspecified atom stereocenters. The highest BCUT2D eigenvalue weighted by atomic mass is 32.1. The van der Waals surface area contributed by atoms with Gasteiger partial charge in [0.25, 0.3) is 0 Å². The van der Waals surface area contributed by atoms with Crippen LogP contribution in [0.5, 0.6) is 0 Å². The summed E-state index contributed by atoms with van der Waals surface area (Å²) in [6, 6.07) is 14.4. The Balaban J connectivity index is 2.10. The lowest BCUT2D eigenvalue weighted by Crippen LogP contribution is -1.79. The summed E-state index contributed by atoms with van der Waals surface area (Å²) in [4.78, 5) is 0. The molecule has 0 fully saturated rings. The van der Waals surface area contributed by atoms with E-state index in [1.54, 1.807) is 11.3 Å². The van der Waals surface area contributed by atoms with Crippen LogP contribution in [0.15, 0.2) is 42.5 Å². The number of nitrogens with one attached hydrogen (secondary N) is 1. The standard InChI is InChI=1S/C14H8N3S/c1-2-7-13-9(4-1)11(8-18-13)10-5-3-6-12-14(10)16-17-15-12/h1-7H,(H,15,16,17). The lowest BCUT2D eigenvalue weighted by molar-refractivity contribution is 0.959. The number of thiophene rings is 1. The molecule has 2 aromatic heterocycles. The van der Waals surface area contributed by atoms with Gasteiger partial charge in [0.15, 0.2) is 0 Å². The molecule has 3 nitrogen and oxygen atoms in total. The fourth-order valence-corrected chi connectivity index (χ4v) is 3.05. The summed E-state index contributed by atoms with van der Waals surface area (Å²) >= 11 is 1.64. The van der Waals surface area contributed by atoms with E-state index in [0.717, 1.165) is 22.2 Å². The van der Waals surface area contributed by atoms with Crippen molar-refractivity contribution >= 4 is 32.5 Å². The molecule has 4 aromatic rings. The number of aromatic amines is 1. The molecule has 85 valence electrons. The average Bonchev–Trinajstić information content (AvgIpc) is 3.05. The van der Waals surface area contributed by atoms with Crippen LogP contribution in [0.1, 0.15) is 0 Å². The van der Waals surface area contributed by atoms with Gasteiger partial charge >= 0.3 is 0 Å². The molecule has 0 aliphatic heterocycles. The van der Waals surface area contributed by atoms with Gasteiger partial charge in [-0.2, -0.15) is 0 Å². The molecule has 0 aliphatic carbocycles. The molecule has 0 atom stereocenters. The van der Waals surface area contributed by atoms with Gasteiger partial charge in [-0.25, -0.2) is 0 Å². The molecule has 4 rings (SSSR count). The van der Waals surface area contributed by atoms with Crippen LogP contribution in [-0.4, -0.2) is 15.4 Å². The maximum absolute atomic E-state index is 4.16. The van der Waals surface area contributed by atoms with Crippen molar-refractivity contribution in [2.24, 2.45) is 0 Å². The first-order valence-corrected chi connectivity index (χ1v) is 6.44. The molecular formula is C14H8N3S. The van der Waals surface area contributed by atoms with E-state index in [-0.39, 0.29) is 0 Å². The van der Waals surface area contributed by atoms with Crippen LogP contribution in [0.25, 0.3) is 32.2 Å². The highest BCUT2D eigenvalue weighted by Gasteiger charge is 2.11. The molecule has 0 saturated carbocycles. The summed E-state index contributed by atoms with van der Waals surface area (Å²) in [6.45, 7) is 0. The SMILES string of the molecule is [c]1sc2ccccc2c1-c1cccc2[nH]nnc12. The zero-order valence-electron chi connectivity index (χ0n) is 9.34. The van der Waals surface area contributed by atoms with E-state index < -0.39 is 0 Å². The van der Waals surface area contributed by atoms with Gasteiger partial charge < -0.3 is 0 Å². The van der Waals surface area contributed by atoms with Crippen molar-refractivity contribution < 1.29 is 0 Å². The van der Waals surface area contributed by atoms with E-state index in [2.05, 4.69) is 45.1 Å². The number of nitrogens with zero attached hydrogens (tertiary/aromatic N) is 2. The Morgan fingerprint density at radius 1 is 1.06 bits per heavy atom. The first kappa shape index (κ1) is 9.79. The van der Waals surface area contributed by atoms with E-state index >= 15 is 0 Å². The lowest BCUT2D eigenvalue weighted by Gasteiger charge is -1.99. The van der Waals surface area contributed by atoms with Crippen molar-refractivity contribution in [2.75, 3.05) is 0 Å². The predicted molar refractivity (Wildman–Crippen MR) is 73.5 cm³/mol. The van der Waals surface area contributed by atoms with Gasteiger partial charge in [0.2, 0.25) is 0 Å². The van der Waals surface area contributed by atoms with E-state index in [1.807, 2.05) is 18.2 Å². The summed E-state index contributed by atoms with van der Waals surface area (Å²) in [7, 11) is 0. The number of hydrogen-bond donors (Lipinski definition) is 1. The molecule has 18 heavy (non-hydrogen) atoms. The van der Waals surface area contributed by atoms with Crippen LogP contribution < -0.4 is 0 Å². The maximum atomic E-state index is 4.16. The third kappa shape index (κ3) is 1.29. The number of fused-ring (bicyclic) bond motifs is 2. The number of aromatic nitrogens is 3. The number of benzene rings is 2. The van der Waals surface area contributed by atoms with Crippen molar-refractivity contribution in [2.45, 2.75) is 0 Å². The Kier molecular flexibility index (Phi) is 1.98. The largest absolute Gasteiger partial charge is 0.258 e. The zero-order valence-corrected chi connectivity index (χ0v) is 10.2. The van der Waals surface area contributed by atoms with E-state index in [4.69, 9.17) is 0 Å². The first-order chi connectivity index (χ1) is 8.93. The van der Waals surface area contributed by atoms with Crippen molar-refractivity contribution in [1.82, 2.24) is 15.4 Å². The molecule has 4 heteroatoms.